The third kappa shape index (κ3) is 2.56. The van der Waals surface area contributed by atoms with Gasteiger partial charge < -0.3 is 4.90 Å². The second-order valence-corrected chi connectivity index (χ2v) is 9.93. The second-order valence-electron chi connectivity index (χ2n) is 9.01. The molecule has 2 heterocycles. The van der Waals surface area contributed by atoms with E-state index in [2.05, 4.69) is 81.5 Å². The fraction of sp³-hybridized carbons (Fsp3) is 0.346. The van der Waals surface area contributed by atoms with Crippen molar-refractivity contribution in [2.45, 2.75) is 37.6 Å². The van der Waals surface area contributed by atoms with Crippen LogP contribution in [0.1, 0.15) is 64.7 Å². The molecule has 0 aromatic heterocycles. The van der Waals surface area contributed by atoms with E-state index in [4.69, 9.17) is 0 Å². The number of halogens is 1. The standard InChI is InChI=1S/C26H24BrNO/c1-15(29)18-12-23-20-5-2-4-17(20)14-28-25(16-8-10-19(27)11-9-16)22-7-3-6-21(22)24(13-18)26(23)28/h2-3,5-6,8-13,17,20-22,25H,4,7,14H2,1H3. The van der Waals surface area contributed by atoms with Gasteiger partial charge in [0.15, 0.2) is 5.78 Å². The molecule has 0 spiro atoms. The van der Waals surface area contributed by atoms with Crippen LogP contribution in [0, 0.1) is 11.8 Å². The maximum atomic E-state index is 12.3. The molecular weight excluding hydrogens is 422 g/mol. The number of fused-ring (bicyclic) bond motifs is 4. The van der Waals surface area contributed by atoms with Crippen molar-refractivity contribution in [3.8, 4) is 0 Å². The number of anilines is 1. The highest BCUT2D eigenvalue weighted by atomic mass is 79.9. The lowest BCUT2D eigenvalue weighted by Gasteiger charge is -2.51. The Morgan fingerprint density at radius 2 is 1.69 bits per heavy atom. The van der Waals surface area contributed by atoms with Crippen LogP contribution in [0.25, 0.3) is 0 Å². The predicted octanol–water partition coefficient (Wildman–Crippen LogP) is 6.55. The Labute approximate surface area is 180 Å². The molecule has 2 aliphatic carbocycles. The second kappa shape index (κ2) is 6.43. The van der Waals surface area contributed by atoms with E-state index in [9.17, 15) is 4.79 Å². The molecule has 5 unspecified atom stereocenters. The van der Waals surface area contributed by atoms with Gasteiger partial charge >= 0.3 is 0 Å². The van der Waals surface area contributed by atoms with Gasteiger partial charge in [-0.2, -0.15) is 0 Å². The molecule has 2 nitrogen and oxygen atoms in total. The number of allylic oxidation sites excluding steroid dienone is 4. The highest BCUT2D eigenvalue weighted by Crippen LogP contribution is 2.58. The molecule has 0 radical (unpaired) electrons. The van der Waals surface area contributed by atoms with Crippen LogP contribution in [0.5, 0.6) is 0 Å². The van der Waals surface area contributed by atoms with Gasteiger partial charge in [-0.1, -0.05) is 52.4 Å². The summed E-state index contributed by atoms with van der Waals surface area (Å²) in [5.41, 5.74) is 6.44. The van der Waals surface area contributed by atoms with E-state index in [1.54, 1.807) is 6.92 Å². The molecular formula is C26H24BrNO. The molecule has 29 heavy (non-hydrogen) atoms. The number of benzene rings is 2. The lowest BCUT2D eigenvalue weighted by molar-refractivity contribution is 0.101. The first-order chi connectivity index (χ1) is 14.1. The Hall–Kier alpha value is -2.13. The van der Waals surface area contributed by atoms with Crippen LogP contribution in [0.4, 0.5) is 5.69 Å². The maximum Gasteiger partial charge on any atom is 0.159 e. The molecule has 4 aliphatic rings. The first-order valence-electron chi connectivity index (χ1n) is 10.7. The quantitative estimate of drug-likeness (QED) is 0.385. The van der Waals surface area contributed by atoms with Crippen molar-refractivity contribution in [1.82, 2.24) is 0 Å². The minimum atomic E-state index is 0.174. The van der Waals surface area contributed by atoms with Crippen LogP contribution in [-0.2, 0) is 0 Å². The predicted molar refractivity (Wildman–Crippen MR) is 121 cm³/mol. The zero-order chi connectivity index (χ0) is 19.7. The maximum absolute atomic E-state index is 12.3. The number of ketones is 1. The molecule has 146 valence electrons. The monoisotopic (exact) mass is 445 g/mol. The van der Waals surface area contributed by atoms with Crippen molar-refractivity contribution in [2.24, 2.45) is 11.8 Å². The summed E-state index contributed by atoms with van der Waals surface area (Å²) in [6.45, 7) is 2.80. The average molecular weight is 446 g/mol. The van der Waals surface area contributed by atoms with Gasteiger partial charge in [-0.3, -0.25) is 4.79 Å². The van der Waals surface area contributed by atoms with E-state index in [0.29, 0.717) is 29.7 Å². The molecule has 0 saturated carbocycles. The van der Waals surface area contributed by atoms with E-state index < -0.39 is 0 Å². The molecule has 5 atom stereocenters. The third-order valence-electron chi connectivity index (χ3n) is 7.47. The number of rotatable bonds is 2. The Kier molecular flexibility index (Phi) is 3.93. The van der Waals surface area contributed by atoms with Crippen LogP contribution in [-0.4, -0.2) is 12.3 Å². The fourth-order valence-corrected chi connectivity index (χ4v) is 6.48. The van der Waals surface area contributed by atoms with Gasteiger partial charge in [-0.25, -0.2) is 0 Å². The first kappa shape index (κ1) is 17.7. The van der Waals surface area contributed by atoms with Gasteiger partial charge in [-0.05, 0) is 72.6 Å². The zero-order valence-electron chi connectivity index (χ0n) is 16.5. The summed E-state index contributed by atoms with van der Waals surface area (Å²) in [6.07, 6.45) is 11.7. The molecule has 6 rings (SSSR count). The molecule has 0 saturated heterocycles. The van der Waals surface area contributed by atoms with Crippen LogP contribution >= 0.6 is 15.9 Å². The fourth-order valence-electron chi connectivity index (χ4n) is 6.22. The summed E-state index contributed by atoms with van der Waals surface area (Å²) in [5.74, 6) is 2.17. The van der Waals surface area contributed by atoms with E-state index in [-0.39, 0.29) is 5.78 Å². The summed E-state index contributed by atoms with van der Waals surface area (Å²) < 4.78 is 1.13. The number of carbonyl (C=O) groups is 1. The molecule has 0 N–H and O–H groups in total. The van der Waals surface area contributed by atoms with Crippen LogP contribution in [0.2, 0.25) is 0 Å². The largest absolute Gasteiger partial charge is 0.363 e. The normalized spacial score (nSPS) is 30.8. The van der Waals surface area contributed by atoms with Gasteiger partial charge in [0, 0.05) is 34.1 Å². The minimum absolute atomic E-state index is 0.174. The van der Waals surface area contributed by atoms with Crippen LogP contribution in [0.3, 0.4) is 0 Å². The molecule has 0 amide bonds. The number of Topliss-reactive ketones (excluding diaryl/α,β-unsaturated/α-hetero) is 1. The van der Waals surface area contributed by atoms with Gasteiger partial charge in [0.05, 0.1) is 6.04 Å². The van der Waals surface area contributed by atoms with Crippen LogP contribution < -0.4 is 4.90 Å². The van der Waals surface area contributed by atoms with Crippen molar-refractivity contribution >= 4 is 27.4 Å². The van der Waals surface area contributed by atoms with E-state index in [1.807, 2.05) is 0 Å². The summed E-state index contributed by atoms with van der Waals surface area (Å²) in [5, 5.41) is 0. The Bertz CT molecular complexity index is 1050. The van der Waals surface area contributed by atoms with E-state index >= 15 is 0 Å². The molecule has 2 aromatic rings. The van der Waals surface area contributed by atoms with Crippen molar-refractivity contribution in [3.63, 3.8) is 0 Å². The lowest BCUT2D eigenvalue weighted by atomic mass is 9.70. The third-order valence-corrected chi connectivity index (χ3v) is 8.00. The number of hydrogen-bond acceptors (Lipinski definition) is 2. The van der Waals surface area contributed by atoms with Gasteiger partial charge in [-0.15, -0.1) is 0 Å². The Balaban J connectivity index is 1.59. The summed E-state index contributed by atoms with van der Waals surface area (Å²) >= 11 is 3.60. The van der Waals surface area contributed by atoms with Crippen molar-refractivity contribution < 1.29 is 4.79 Å². The number of hydrogen-bond donors (Lipinski definition) is 0. The molecule has 2 aromatic carbocycles. The molecule has 3 heteroatoms. The van der Waals surface area contributed by atoms with Crippen molar-refractivity contribution in [2.75, 3.05) is 11.4 Å². The van der Waals surface area contributed by atoms with Crippen LogP contribution in [0.15, 0.2) is 65.2 Å². The molecule has 0 fully saturated rings. The van der Waals surface area contributed by atoms with Crippen molar-refractivity contribution in [1.29, 1.82) is 0 Å². The topological polar surface area (TPSA) is 20.3 Å². The summed E-state index contributed by atoms with van der Waals surface area (Å²) in [6, 6.07) is 13.7. The highest BCUT2D eigenvalue weighted by Gasteiger charge is 2.47. The Morgan fingerprint density at radius 1 is 1.00 bits per heavy atom. The van der Waals surface area contributed by atoms with Gasteiger partial charge in [0.1, 0.15) is 0 Å². The number of nitrogens with zero attached hydrogens (tertiary/aromatic N) is 1. The number of carbonyl (C=O) groups excluding carboxylic acids is 1. The highest BCUT2D eigenvalue weighted by molar-refractivity contribution is 9.10. The first-order valence-corrected chi connectivity index (χ1v) is 11.5. The van der Waals surface area contributed by atoms with E-state index in [0.717, 1.165) is 29.4 Å². The molecule has 0 bridgehead atoms. The minimum Gasteiger partial charge on any atom is -0.363 e. The molecule has 2 aliphatic heterocycles. The zero-order valence-corrected chi connectivity index (χ0v) is 18.1. The average Bonchev–Trinajstić information content (AvgIpc) is 3.38. The van der Waals surface area contributed by atoms with E-state index in [1.165, 1.54) is 22.4 Å². The van der Waals surface area contributed by atoms with Gasteiger partial charge in [0.25, 0.3) is 0 Å². The van der Waals surface area contributed by atoms with Gasteiger partial charge in [0.2, 0.25) is 0 Å². The summed E-state index contributed by atoms with van der Waals surface area (Å²) in [7, 11) is 0. The summed E-state index contributed by atoms with van der Waals surface area (Å²) in [4.78, 5) is 15.0. The smallest absolute Gasteiger partial charge is 0.159 e. The SMILES string of the molecule is CC(=O)c1cc2c3c(c1)C1C=CCC1C(c1ccc(Br)cc1)N3CC1CC=CC21. The Morgan fingerprint density at radius 3 is 2.45 bits per heavy atom. The van der Waals surface area contributed by atoms with Crippen molar-refractivity contribution in [3.05, 3.63) is 87.4 Å². The lowest BCUT2D eigenvalue weighted by Crippen LogP contribution is -2.46.